The average Bonchev–Trinajstić information content (AvgIpc) is 3.61. The monoisotopic (exact) mass is 529 g/mol. The molecule has 182 valence electrons. The molecule has 0 aliphatic heterocycles. The first-order valence-corrected chi connectivity index (χ1v) is 14.5. The number of rotatable bonds is 5. The second-order valence-corrected chi connectivity index (χ2v) is 12.4. The molecule has 2 aromatic carbocycles. The summed E-state index contributed by atoms with van der Waals surface area (Å²) in [7, 11) is 0. The Morgan fingerprint density at radius 3 is 2.19 bits per heavy atom. The minimum absolute atomic E-state index is 0.256. The Labute approximate surface area is 222 Å². The van der Waals surface area contributed by atoms with Gasteiger partial charge >= 0.3 is 0 Å². The van der Waals surface area contributed by atoms with Crippen LogP contribution >= 0.6 is 34.8 Å². The lowest BCUT2D eigenvalue weighted by Crippen LogP contribution is -2.20. The molecule has 0 spiro atoms. The third-order valence-corrected chi connectivity index (χ3v) is 9.51. The quantitative estimate of drug-likeness (QED) is 0.224. The summed E-state index contributed by atoms with van der Waals surface area (Å²) in [6, 6.07) is 11.1. The van der Waals surface area contributed by atoms with Gasteiger partial charge in [-0.3, -0.25) is 4.98 Å². The van der Waals surface area contributed by atoms with Crippen LogP contribution in [-0.2, 0) is 5.41 Å². The largest absolute Gasteiger partial charge is 0.253 e. The number of benzene rings is 2. The maximum Gasteiger partial charge on any atom is 0.131 e. The number of aromatic nitrogens is 5. The summed E-state index contributed by atoms with van der Waals surface area (Å²) >= 11 is 4.35. The molecule has 0 amide bonds. The first-order valence-electron chi connectivity index (χ1n) is 12.2. The molecular weight excluding hydrogens is 503 g/mol. The van der Waals surface area contributed by atoms with Crippen molar-refractivity contribution in [3.8, 4) is 11.3 Å². The first-order chi connectivity index (χ1) is 17.3. The van der Waals surface area contributed by atoms with Crippen LogP contribution in [0.2, 0.25) is 0 Å². The normalized spacial score (nSPS) is 12.7. The Morgan fingerprint density at radius 1 is 0.722 bits per heavy atom. The molecule has 0 fully saturated rings. The van der Waals surface area contributed by atoms with Gasteiger partial charge in [0, 0.05) is 27.6 Å². The van der Waals surface area contributed by atoms with Gasteiger partial charge in [0.15, 0.2) is 0 Å². The van der Waals surface area contributed by atoms with E-state index in [2.05, 4.69) is 86.0 Å². The van der Waals surface area contributed by atoms with Crippen molar-refractivity contribution in [1.29, 1.82) is 0 Å². The molecule has 0 N–H and O–H groups in total. The molecule has 0 saturated carbocycles. The number of hydrogen-bond donors (Lipinski definition) is 0. The van der Waals surface area contributed by atoms with Crippen LogP contribution in [0.5, 0.6) is 0 Å². The molecule has 0 atom stereocenters. The van der Waals surface area contributed by atoms with Crippen molar-refractivity contribution in [2.24, 2.45) is 0 Å². The van der Waals surface area contributed by atoms with E-state index in [9.17, 15) is 0 Å². The lowest BCUT2D eigenvalue weighted by Gasteiger charge is -2.27. The van der Waals surface area contributed by atoms with Gasteiger partial charge in [-0.25, -0.2) is 0 Å². The van der Waals surface area contributed by atoms with E-state index in [0.717, 1.165) is 38.9 Å². The van der Waals surface area contributed by atoms with E-state index in [1.54, 1.807) is 0 Å². The Bertz CT molecular complexity index is 1740. The zero-order valence-electron chi connectivity index (χ0n) is 21.2. The Kier molecular flexibility index (Phi) is 5.66. The Balaban J connectivity index is 1.54. The number of nitrogens with zero attached hydrogens (tertiary/aromatic N) is 5. The van der Waals surface area contributed by atoms with E-state index in [4.69, 9.17) is 13.7 Å². The summed E-state index contributed by atoms with van der Waals surface area (Å²) in [5.74, 6) is 0.837. The van der Waals surface area contributed by atoms with Crippen LogP contribution in [0.15, 0.2) is 41.9 Å². The van der Waals surface area contributed by atoms with E-state index < -0.39 is 0 Å². The lowest BCUT2D eigenvalue weighted by atomic mass is 9.75. The fourth-order valence-corrected chi connectivity index (χ4v) is 7.42. The lowest BCUT2D eigenvalue weighted by molar-refractivity contribution is 0.652. The van der Waals surface area contributed by atoms with Gasteiger partial charge in [0.05, 0.1) is 23.5 Å². The van der Waals surface area contributed by atoms with Crippen LogP contribution in [-0.4, -0.2) is 22.5 Å². The van der Waals surface area contributed by atoms with Crippen molar-refractivity contribution in [1.82, 2.24) is 22.5 Å². The molecule has 0 radical (unpaired) electrons. The van der Waals surface area contributed by atoms with E-state index >= 15 is 0 Å². The van der Waals surface area contributed by atoms with Crippen molar-refractivity contribution in [3.05, 3.63) is 63.5 Å². The maximum atomic E-state index is 4.85. The summed E-state index contributed by atoms with van der Waals surface area (Å²) in [6.07, 6.45) is 1.94. The highest BCUT2D eigenvalue weighted by atomic mass is 32.1. The molecule has 4 heterocycles. The third kappa shape index (κ3) is 3.49. The van der Waals surface area contributed by atoms with Crippen LogP contribution in [0.1, 0.15) is 74.9 Å². The standard InChI is InChI=1S/C28H27N5S3/c1-14(2)18-12-29-22(26-24(18)31-36-33-26)17-10-11-21(25-23(17)30-35-32-25)28(5,6)20-9-7-8-16-19(20)13-34-27(16)15(3)4/h7-15H,1-6H3. The number of thiophene rings is 1. The van der Waals surface area contributed by atoms with E-state index in [1.807, 2.05) is 17.5 Å². The van der Waals surface area contributed by atoms with Crippen molar-refractivity contribution < 1.29 is 0 Å². The minimum atomic E-state index is -0.256. The van der Waals surface area contributed by atoms with Crippen LogP contribution in [0.3, 0.4) is 0 Å². The molecular formula is C28H27N5S3. The summed E-state index contributed by atoms with van der Waals surface area (Å²) in [6.45, 7) is 13.4. The van der Waals surface area contributed by atoms with E-state index in [-0.39, 0.29) is 5.41 Å². The predicted molar refractivity (Wildman–Crippen MR) is 154 cm³/mol. The average molecular weight is 530 g/mol. The third-order valence-electron chi connectivity index (χ3n) is 7.16. The highest BCUT2D eigenvalue weighted by Gasteiger charge is 2.30. The second kappa shape index (κ2) is 8.64. The van der Waals surface area contributed by atoms with E-state index in [0.29, 0.717) is 11.8 Å². The molecule has 5 nitrogen and oxygen atoms in total. The van der Waals surface area contributed by atoms with Gasteiger partial charge in [-0.1, -0.05) is 71.9 Å². The molecule has 0 bridgehead atoms. The molecule has 6 rings (SSSR count). The van der Waals surface area contributed by atoms with Gasteiger partial charge in [-0.05, 0) is 39.1 Å². The van der Waals surface area contributed by atoms with Gasteiger partial charge < -0.3 is 0 Å². The van der Waals surface area contributed by atoms with Crippen LogP contribution in [0.25, 0.3) is 44.1 Å². The molecule has 0 saturated heterocycles. The van der Waals surface area contributed by atoms with Gasteiger partial charge in [0.25, 0.3) is 0 Å². The topological polar surface area (TPSA) is 64.5 Å². The highest BCUT2D eigenvalue weighted by Crippen LogP contribution is 2.44. The summed E-state index contributed by atoms with van der Waals surface area (Å²) in [4.78, 5) is 6.29. The number of pyridine rings is 1. The van der Waals surface area contributed by atoms with Crippen molar-refractivity contribution in [2.45, 2.75) is 58.8 Å². The Hall–Kier alpha value is -2.81. The fourth-order valence-electron chi connectivity index (χ4n) is 5.20. The van der Waals surface area contributed by atoms with Crippen molar-refractivity contribution in [3.63, 3.8) is 0 Å². The van der Waals surface area contributed by atoms with Gasteiger partial charge in [0.1, 0.15) is 27.8 Å². The predicted octanol–water partition coefficient (Wildman–Crippen LogP) is 8.55. The molecule has 4 aromatic heterocycles. The molecule has 0 unspecified atom stereocenters. The zero-order valence-corrected chi connectivity index (χ0v) is 23.6. The minimum Gasteiger partial charge on any atom is -0.253 e. The van der Waals surface area contributed by atoms with Crippen LogP contribution in [0.4, 0.5) is 0 Å². The number of fused-ring (bicyclic) bond motifs is 3. The molecule has 0 aliphatic rings. The van der Waals surface area contributed by atoms with Crippen molar-refractivity contribution in [2.75, 3.05) is 0 Å². The van der Waals surface area contributed by atoms with Gasteiger partial charge in [0.2, 0.25) is 0 Å². The summed E-state index contributed by atoms with van der Waals surface area (Å²) in [5, 5.41) is 5.01. The second-order valence-electron chi connectivity index (χ2n) is 10.4. The summed E-state index contributed by atoms with van der Waals surface area (Å²) in [5.41, 5.74) is 8.74. The van der Waals surface area contributed by atoms with Gasteiger partial charge in [-0.2, -0.15) is 17.5 Å². The van der Waals surface area contributed by atoms with Gasteiger partial charge in [-0.15, -0.1) is 11.3 Å². The fraction of sp³-hybridized carbons (Fsp3) is 0.321. The van der Waals surface area contributed by atoms with Crippen LogP contribution in [0, 0.1) is 0 Å². The molecule has 0 aliphatic carbocycles. The first kappa shape index (κ1) is 23.6. The Morgan fingerprint density at radius 2 is 1.44 bits per heavy atom. The van der Waals surface area contributed by atoms with Crippen molar-refractivity contribution >= 4 is 67.6 Å². The molecule has 6 aromatic rings. The SMILES string of the molecule is CC(C)c1scc2c(C(C)(C)c3ccc(-c4ncc(C(C)C)c5nsnc45)c4nsnc34)cccc12. The zero-order chi connectivity index (χ0) is 25.2. The molecule has 8 heteroatoms. The highest BCUT2D eigenvalue weighted by molar-refractivity contribution is 7.11. The summed E-state index contributed by atoms with van der Waals surface area (Å²) < 4.78 is 18.8. The maximum absolute atomic E-state index is 4.85. The molecule has 36 heavy (non-hydrogen) atoms. The number of hydrogen-bond acceptors (Lipinski definition) is 8. The van der Waals surface area contributed by atoms with Crippen LogP contribution < -0.4 is 0 Å². The van der Waals surface area contributed by atoms with E-state index in [1.165, 1.54) is 50.2 Å². The smallest absolute Gasteiger partial charge is 0.131 e.